The standard InChI is InChI=1S/C10H18N2O2/c1-4-5-12(3)9(13)10(2)7-14-6-8(10)11/h4,8H,1,5-7,11H2,2-3H3. The van der Waals surface area contributed by atoms with Gasteiger partial charge in [0.05, 0.1) is 18.6 Å². The number of hydrogen-bond donors (Lipinski definition) is 1. The van der Waals surface area contributed by atoms with Crippen LogP contribution in [0.1, 0.15) is 6.92 Å². The van der Waals surface area contributed by atoms with Gasteiger partial charge in [0.25, 0.3) is 0 Å². The molecule has 2 unspecified atom stereocenters. The lowest BCUT2D eigenvalue weighted by Crippen LogP contribution is -2.50. The number of rotatable bonds is 3. The van der Waals surface area contributed by atoms with Gasteiger partial charge in [-0.15, -0.1) is 6.58 Å². The maximum absolute atomic E-state index is 12.0. The van der Waals surface area contributed by atoms with Crippen molar-refractivity contribution in [2.45, 2.75) is 13.0 Å². The van der Waals surface area contributed by atoms with Crippen LogP contribution in [0.4, 0.5) is 0 Å². The van der Waals surface area contributed by atoms with E-state index in [-0.39, 0.29) is 11.9 Å². The van der Waals surface area contributed by atoms with Crippen LogP contribution in [0, 0.1) is 5.41 Å². The first-order valence-corrected chi connectivity index (χ1v) is 4.72. The van der Waals surface area contributed by atoms with Gasteiger partial charge in [-0.25, -0.2) is 0 Å². The van der Waals surface area contributed by atoms with Crippen LogP contribution in [-0.2, 0) is 9.53 Å². The van der Waals surface area contributed by atoms with Gasteiger partial charge in [0.15, 0.2) is 0 Å². The molecule has 4 heteroatoms. The van der Waals surface area contributed by atoms with Gasteiger partial charge in [-0.3, -0.25) is 4.79 Å². The number of hydrogen-bond acceptors (Lipinski definition) is 3. The Hall–Kier alpha value is -0.870. The first kappa shape index (κ1) is 11.2. The molecular weight excluding hydrogens is 180 g/mol. The van der Waals surface area contributed by atoms with E-state index in [9.17, 15) is 4.79 Å². The minimum absolute atomic E-state index is 0.0300. The van der Waals surface area contributed by atoms with Crippen LogP contribution in [0.25, 0.3) is 0 Å². The maximum Gasteiger partial charge on any atom is 0.232 e. The summed E-state index contributed by atoms with van der Waals surface area (Å²) in [6.45, 7) is 6.87. The van der Waals surface area contributed by atoms with Gasteiger partial charge in [0.2, 0.25) is 5.91 Å². The molecule has 0 aromatic carbocycles. The predicted molar refractivity (Wildman–Crippen MR) is 54.7 cm³/mol. The van der Waals surface area contributed by atoms with Crippen molar-refractivity contribution in [3.05, 3.63) is 12.7 Å². The number of ether oxygens (including phenoxy) is 1. The summed E-state index contributed by atoms with van der Waals surface area (Å²) in [5.41, 5.74) is 5.28. The summed E-state index contributed by atoms with van der Waals surface area (Å²) in [6.07, 6.45) is 1.70. The third-order valence-corrected chi connectivity index (χ3v) is 2.76. The lowest BCUT2D eigenvalue weighted by molar-refractivity contribution is -0.139. The van der Waals surface area contributed by atoms with E-state index in [1.165, 1.54) is 0 Å². The van der Waals surface area contributed by atoms with Gasteiger partial charge in [-0.05, 0) is 6.92 Å². The van der Waals surface area contributed by atoms with Crippen LogP contribution in [0.5, 0.6) is 0 Å². The zero-order chi connectivity index (χ0) is 10.8. The Labute approximate surface area is 84.7 Å². The van der Waals surface area contributed by atoms with Crippen LogP contribution in [-0.4, -0.2) is 43.7 Å². The second-order valence-electron chi connectivity index (χ2n) is 4.01. The molecule has 2 N–H and O–H groups in total. The van der Waals surface area contributed by atoms with E-state index < -0.39 is 5.41 Å². The van der Waals surface area contributed by atoms with Crippen molar-refractivity contribution < 1.29 is 9.53 Å². The fraction of sp³-hybridized carbons (Fsp3) is 0.700. The van der Waals surface area contributed by atoms with Gasteiger partial charge >= 0.3 is 0 Å². The number of carbonyl (C=O) groups excluding carboxylic acids is 1. The fourth-order valence-corrected chi connectivity index (χ4v) is 1.62. The molecule has 80 valence electrons. The molecule has 1 saturated heterocycles. The average molecular weight is 198 g/mol. The first-order chi connectivity index (χ1) is 6.52. The lowest BCUT2D eigenvalue weighted by Gasteiger charge is -2.30. The van der Waals surface area contributed by atoms with Crippen LogP contribution >= 0.6 is 0 Å². The Kier molecular flexibility index (Phi) is 3.29. The molecule has 0 saturated carbocycles. The Morgan fingerprint density at radius 1 is 1.86 bits per heavy atom. The van der Waals surface area contributed by atoms with Crippen LogP contribution < -0.4 is 5.73 Å². The molecule has 1 aliphatic heterocycles. The highest BCUT2D eigenvalue weighted by Crippen LogP contribution is 2.28. The molecule has 0 radical (unpaired) electrons. The Morgan fingerprint density at radius 3 is 2.93 bits per heavy atom. The average Bonchev–Trinajstić information content (AvgIpc) is 2.47. The van der Waals surface area contributed by atoms with Crippen molar-refractivity contribution in [3.8, 4) is 0 Å². The number of nitrogens with zero attached hydrogens (tertiary/aromatic N) is 1. The molecule has 0 aromatic rings. The zero-order valence-corrected chi connectivity index (χ0v) is 8.82. The van der Waals surface area contributed by atoms with Crippen molar-refractivity contribution in [2.24, 2.45) is 11.1 Å². The van der Waals surface area contributed by atoms with Crippen molar-refractivity contribution >= 4 is 5.91 Å². The monoisotopic (exact) mass is 198 g/mol. The van der Waals surface area contributed by atoms with E-state index in [2.05, 4.69) is 6.58 Å². The molecule has 0 aromatic heterocycles. The molecule has 1 fully saturated rings. The smallest absolute Gasteiger partial charge is 0.232 e. The van der Waals surface area contributed by atoms with Crippen molar-refractivity contribution in [1.82, 2.24) is 4.90 Å². The summed E-state index contributed by atoms with van der Waals surface area (Å²) in [6, 6.07) is -0.206. The van der Waals surface area contributed by atoms with Crippen LogP contribution in [0.2, 0.25) is 0 Å². The zero-order valence-electron chi connectivity index (χ0n) is 8.82. The molecular formula is C10H18N2O2. The molecule has 1 amide bonds. The second kappa shape index (κ2) is 4.11. The number of carbonyl (C=O) groups is 1. The lowest BCUT2D eigenvalue weighted by atomic mass is 9.84. The highest BCUT2D eigenvalue weighted by molar-refractivity contribution is 5.83. The van der Waals surface area contributed by atoms with E-state index >= 15 is 0 Å². The first-order valence-electron chi connectivity index (χ1n) is 4.72. The van der Waals surface area contributed by atoms with Crippen molar-refractivity contribution in [3.63, 3.8) is 0 Å². The minimum atomic E-state index is -0.572. The van der Waals surface area contributed by atoms with Crippen molar-refractivity contribution in [2.75, 3.05) is 26.8 Å². The van der Waals surface area contributed by atoms with E-state index in [1.54, 1.807) is 18.0 Å². The highest BCUT2D eigenvalue weighted by Gasteiger charge is 2.45. The predicted octanol–water partition coefficient (Wildman–Crippen LogP) is -0.00540. The molecule has 2 atom stereocenters. The molecule has 4 nitrogen and oxygen atoms in total. The molecule has 1 aliphatic rings. The quantitative estimate of drug-likeness (QED) is 0.649. The Balaban J connectivity index is 2.71. The Morgan fingerprint density at radius 2 is 2.50 bits per heavy atom. The van der Waals surface area contributed by atoms with Crippen LogP contribution in [0.3, 0.4) is 0 Å². The number of nitrogens with two attached hydrogens (primary N) is 1. The van der Waals surface area contributed by atoms with E-state index in [0.29, 0.717) is 19.8 Å². The van der Waals surface area contributed by atoms with Gasteiger partial charge in [0.1, 0.15) is 0 Å². The summed E-state index contributed by atoms with van der Waals surface area (Å²) in [4.78, 5) is 13.6. The third kappa shape index (κ3) is 1.81. The number of amides is 1. The summed E-state index contributed by atoms with van der Waals surface area (Å²) in [5.74, 6) is 0.0300. The van der Waals surface area contributed by atoms with Crippen molar-refractivity contribution in [1.29, 1.82) is 0 Å². The molecule has 14 heavy (non-hydrogen) atoms. The highest BCUT2D eigenvalue weighted by atomic mass is 16.5. The summed E-state index contributed by atoms with van der Waals surface area (Å²) >= 11 is 0. The third-order valence-electron chi connectivity index (χ3n) is 2.76. The van der Waals surface area contributed by atoms with Gasteiger partial charge < -0.3 is 15.4 Å². The molecule has 1 rings (SSSR count). The summed E-state index contributed by atoms with van der Waals surface area (Å²) in [5, 5.41) is 0. The molecule has 0 bridgehead atoms. The number of likely N-dealkylation sites (N-methyl/N-ethyl adjacent to an activating group) is 1. The fourth-order valence-electron chi connectivity index (χ4n) is 1.62. The van der Waals surface area contributed by atoms with E-state index in [0.717, 1.165) is 0 Å². The largest absolute Gasteiger partial charge is 0.379 e. The SMILES string of the molecule is C=CCN(C)C(=O)C1(C)COCC1N. The van der Waals surface area contributed by atoms with Gasteiger partial charge in [0, 0.05) is 19.6 Å². The van der Waals surface area contributed by atoms with E-state index in [4.69, 9.17) is 10.5 Å². The molecule has 0 spiro atoms. The van der Waals surface area contributed by atoms with E-state index in [1.807, 2.05) is 6.92 Å². The van der Waals surface area contributed by atoms with Gasteiger partial charge in [-0.2, -0.15) is 0 Å². The Bertz CT molecular complexity index is 242. The van der Waals surface area contributed by atoms with Gasteiger partial charge in [-0.1, -0.05) is 6.08 Å². The normalized spacial score (nSPS) is 31.5. The molecule has 1 heterocycles. The second-order valence-corrected chi connectivity index (χ2v) is 4.01. The minimum Gasteiger partial charge on any atom is -0.379 e. The van der Waals surface area contributed by atoms with Crippen LogP contribution in [0.15, 0.2) is 12.7 Å². The summed E-state index contributed by atoms with van der Waals surface area (Å²) < 4.78 is 5.22. The summed E-state index contributed by atoms with van der Waals surface area (Å²) in [7, 11) is 1.75. The topological polar surface area (TPSA) is 55.6 Å². The maximum atomic E-state index is 12.0. The molecule has 0 aliphatic carbocycles.